The van der Waals surface area contributed by atoms with Crippen molar-refractivity contribution in [3.63, 3.8) is 0 Å². The van der Waals surface area contributed by atoms with E-state index in [-0.39, 0.29) is 0 Å². The van der Waals surface area contributed by atoms with Gasteiger partial charge in [0, 0.05) is 0 Å². The van der Waals surface area contributed by atoms with Crippen molar-refractivity contribution >= 4 is 6.93 Å². The van der Waals surface area contributed by atoms with Crippen molar-refractivity contribution in [2.75, 3.05) is 0 Å². The van der Waals surface area contributed by atoms with Gasteiger partial charge < -0.3 is 0 Å². The van der Waals surface area contributed by atoms with Gasteiger partial charge in [0.15, 0.2) is 0 Å². The van der Waals surface area contributed by atoms with Crippen LogP contribution in [-0.2, 0) is 0 Å². The van der Waals surface area contributed by atoms with Crippen LogP contribution >= 0.6 is 0 Å². The molecular formula is C16H13Gd. The first-order valence-corrected chi connectivity index (χ1v) is 6.95. The average molecular weight is 363 g/mol. The molecule has 0 saturated carbocycles. The molecule has 0 spiro atoms. The zero-order chi connectivity index (χ0) is 11.8. The van der Waals surface area contributed by atoms with E-state index in [0.717, 1.165) is 0 Å². The molecule has 1 aliphatic rings. The second-order valence-electron chi connectivity index (χ2n) is 4.39. The molecule has 0 saturated heterocycles. The van der Waals surface area contributed by atoms with Gasteiger partial charge in [0.25, 0.3) is 0 Å². The van der Waals surface area contributed by atoms with Gasteiger partial charge in [-0.2, -0.15) is 0 Å². The van der Waals surface area contributed by atoms with E-state index in [1.54, 1.807) is 0 Å². The van der Waals surface area contributed by atoms with Gasteiger partial charge in [0.2, 0.25) is 0 Å². The van der Waals surface area contributed by atoms with E-state index in [2.05, 4.69) is 61.5 Å². The van der Waals surface area contributed by atoms with Gasteiger partial charge in [-0.05, 0) is 0 Å². The van der Waals surface area contributed by atoms with Crippen LogP contribution in [0.1, 0.15) is 29.5 Å². The van der Waals surface area contributed by atoms with Gasteiger partial charge in [0.1, 0.15) is 0 Å². The van der Waals surface area contributed by atoms with Crippen molar-refractivity contribution in [3.05, 3.63) is 71.3 Å². The number of hydrogen-bond acceptors (Lipinski definition) is 0. The van der Waals surface area contributed by atoms with Crippen LogP contribution in [0.4, 0.5) is 0 Å². The van der Waals surface area contributed by atoms with Crippen LogP contribution in [-0.4, -0.2) is 0 Å². The Morgan fingerprint density at radius 1 is 0.882 bits per heavy atom. The summed E-state index contributed by atoms with van der Waals surface area (Å²) in [5.41, 5.74) is 5.75. The molecule has 3 rings (SSSR count). The van der Waals surface area contributed by atoms with E-state index < -0.39 is 0 Å². The molecule has 2 aromatic rings. The van der Waals surface area contributed by atoms with Crippen LogP contribution in [0, 0.1) is 37.9 Å². The Labute approximate surface area is 128 Å². The Morgan fingerprint density at radius 3 is 2.24 bits per heavy atom. The first-order valence-electron chi connectivity index (χ1n) is 5.82. The molecule has 0 fully saturated rings. The Hall–Kier alpha value is -0.495. The van der Waals surface area contributed by atoms with Crippen molar-refractivity contribution in [3.8, 4) is 0 Å². The minimum absolute atomic E-state index is 0.515. The second kappa shape index (κ2) is 4.64. The molecule has 0 bridgehead atoms. The fourth-order valence-electron chi connectivity index (χ4n) is 2.55. The third-order valence-electron chi connectivity index (χ3n) is 3.40. The van der Waals surface area contributed by atoms with Gasteiger partial charge in [-0.1, -0.05) is 0 Å². The summed E-state index contributed by atoms with van der Waals surface area (Å²) < 4.78 is 1.46. The standard InChI is InChI=1S/C16H13.Gd/c1-12-15-10-6-5-9-14(15)11-16(12)13-7-3-2-4-8-13;/h2-10,12H,1H3;. The van der Waals surface area contributed by atoms with Crippen molar-refractivity contribution < 1.29 is 37.9 Å². The van der Waals surface area contributed by atoms with Crippen LogP contribution in [0.15, 0.2) is 54.6 Å². The molecule has 1 atom stereocenters. The van der Waals surface area contributed by atoms with Gasteiger partial charge in [0.05, 0.1) is 0 Å². The first kappa shape index (κ1) is 11.6. The van der Waals surface area contributed by atoms with Gasteiger partial charge in [-0.3, -0.25) is 0 Å². The molecule has 0 N–H and O–H groups in total. The van der Waals surface area contributed by atoms with E-state index >= 15 is 0 Å². The summed E-state index contributed by atoms with van der Waals surface area (Å²) in [7, 11) is 0. The van der Waals surface area contributed by atoms with Crippen molar-refractivity contribution in [1.29, 1.82) is 0 Å². The van der Waals surface area contributed by atoms with Crippen molar-refractivity contribution in [2.45, 2.75) is 12.8 Å². The molecule has 0 nitrogen and oxygen atoms in total. The third kappa shape index (κ3) is 1.91. The maximum atomic E-state index is 2.31. The topological polar surface area (TPSA) is 0 Å². The molecule has 0 aliphatic heterocycles. The van der Waals surface area contributed by atoms with E-state index in [1.807, 2.05) is 37.9 Å². The molecule has 17 heavy (non-hydrogen) atoms. The molecule has 0 heterocycles. The summed E-state index contributed by atoms with van der Waals surface area (Å²) in [6, 6.07) is 19.5. The fraction of sp³-hybridized carbons (Fsp3) is 0.125. The zero-order valence-corrected chi connectivity index (χ0v) is 11.9. The number of rotatable bonds is 1. The number of fused-ring (bicyclic) bond motifs is 1. The molecule has 0 radical (unpaired) electrons. The first-order chi connectivity index (χ1) is 8.29. The summed E-state index contributed by atoms with van der Waals surface area (Å²) in [6.07, 6.45) is 0. The number of hydrogen-bond donors (Lipinski definition) is 0. The number of benzene rings is 2. The average Bonchev–Trinajstić information content (AvgIpc) is 2.64. The quantitative estimate of drug-likeness (QED) is 0.712. The second-order valence-corrected chi connectivity index (χ2v) is 5.52. The summed E-state index contributed by atoms with van der Waals surface area (Å²) in [5.74, 6) is 0.515. The van der Waals surface area contributed by atoms with Crippen LogP contribution in [0.3, 0.4) is 0 Å². The molecular weight excluding hydrogens is 349 g/mol. The van der Waals surface area contributed by atoms with E-state index in [1.165, 1.54) is 23.6 Å². The van der Waals surface area contributed by atoms with E-state index in [0.29, 0.717) is 5.92 Å². The Balaban J connectivity index is 2.18. The molecule has 0 aromatic heterocycles. The summed E-state index contributed by atoms with van der Waals surface area (Å²) in [4.78, 5) is 0. The van der Waals surface area contributed by atoms with Crippen LogP contribution < -0.4 is 0 Å². The van der Waals surface area contributed by atoms with Gasteiger partial charge in [-0.25, -0.2) is 0 Å². The third-order valence-corrected chi connectivity index (χ3v) is 4.63. The molecule has 1 unspecified atom stereocenters. The van der Waals surface area contributed by atoms with E-state index in [4.69, 9.17) is 0 Å². The Bertz CT molecular complexity index is 581. The van der Waals surface area contributed by atoms with Gasteiger partial charge in [-0.15, -0.1) is 0 Å². The molecule has 1 aliphatic carbocycles. The molecule has 85 valence electrons. The summed E-state index contributed by atoms with van der Waals surface area (Å²) in [5, 5.41) is 0. The predicted octanol–water partition coefficient (Wildman–Crippen LogP) is 4.22. The van der Waals surface area contributed by atoms with Crippen LogP contribution in [0.2, 0.25) is 0 Å². The fourth-order valence-corrected chi connectivity index (χ4v) is 3.88. The van der Waals surface area contributed by atoms with Crippen molar-refractivity contribution in [2.24, 2.45) is 0 Å². The molecule has 0 amide bonds. The maximum absolute atomic E-state index is 2.31. The van der Waals surface area contributed by atoms with E-state index in [9.17, 15) is 0 Å². The Morgan fingerprint density at radius 2 is 1.53 bits per heavy atom. The van der Waals surface area contributed by atoms with Crippen LogP contribution in [0.25, 0.3) is 6.93 Å². The summed E-state index contributed by atoms with van der Waals surface area (Å²) >= 11 is 2.02. The molecule has 2 aromatic carbocycles. The number of allylic oxidation sites excluding steroid dienone is 1. The Kier molecular flexibility index (Phi) is 3.16. The van der Waals surface area contributed by atoms with Gasteiger partial charge >= 0.3 is 129 Å². The van der Waals surface area contributed by atoms with Crippen LogP contribution in [0.5, 0.6) is 0 Å². The predicted molar refractivity (Wildman–Crippen MR) is 68.1 cm³/mol. The van der Waals surface area contributed by atoms with Crippen molar-refractivity contribution in [1.82, 2.24) is 0 Å². The monoisotopic (exact) mass is 363 g/mol. The SMILES string of the molecule is CC1C(c2ccccc2)=[C]([Gd])c2ccccc21. The normalized spacial score (nSPS) is 18.4. The molecule has 1 heteroatoms. The zero-order valence-electron chi connectivity index (χ0n) is 9.63. The minimum atomic E-state index is 0.515. The summed E-state index contributed by atoms with van der Waals surface area (Å²) in [6.45, 7) is 2.31.